The summed E-state index contributed by atoms with van der Waals surface area (Å²) in [5.41, 5.74) is 5.62. The average Bonchev–Trinajstić information content (AvgIpc) is 3.14. The van der Waals surface area contributed by atoms with E-state index in [0.29, 0.717) is 23.8 Å². The lowest BCUT2D eigenvalue weighted by molar-refractivity contribution is -0.139. The number of hydrogen-bond donors (Lipinski definition) is 1. The van der Waals surface area contributed by atoms with Crippen LogP contribution in [0, 0.1) is 6.92 Å². The molecule has 1 N–H and O–H groups in total. The fourth-order valence-electron chi connectivity index (χ4n) is 4.93. The van der Waals surface area contributed by atoms with Gasteiger partial charge in [0.1, 0.15) is 0 Å². The van der Waals surface area contributed by atoms with Crippen molar-refractivity contribution in [1.82, 2.24) is 4.57 Å². The molecule has 164 valence electrons. The zero-order chi connectivity index (χ0) is 22.1. The van der Waals surface area contributed by atoms with Crippen molar-refractivity contribution in [2.45, 2.75) is 81.9 Å². The molecule has 4 nitrogen and oxygen atoms in total. The Bertz CT molecular complexity index is 1080. The largest absolute Gasteiger partial charge is 0.481 e. The number of pyridine rings is 1. The van der Waals surface area contributed by atoms with Crippen molar-refractivity contribution in [3.8, 4) is 11.1 Å². The number of carboxylic acid groups (broad SMARTS) is 1. The molecule has 0 fully saturated rings. The Morgan fingerprint density at radius 2 is 1.97 bits per heavy atom. The lowest BCUT2D eigenvalue weighted by Gasteiger charge is -2.23. The number of rotatable bonds is 7. The molecule has 0 bridgehead atoms. The highest BCUT2D eigenvalue weighted by molar-refractivity contribution is 8.01. The van der Waals surface area contributed by atoms with E-state index < -0.39 is 11.9 Å². The summed E-state index contributed by atoms with van der Waals surface area (Å²) in [6.07, 6.45) is 7.63. The van der Waals surface area contributed by atoms with Gasteiger partial charge in [0.2, 0.25) is 0 Å². The Morgan fingerprint density at radius 3 is 2.61 bits per heavy atom. The average molecular weight is 438 g/mol. The highest BCUT2D eigenvalue weighted by Gasteiger charge is 2.38. The molecule has 0 radical (unpaired) electrons. The molecule has 0 amide bonds. The summed E-state index contributed by atoms with van der Waals surface area (Å²) in [5.74, 6) is -1.70. The summed E-state index contributed by atoms with van der Waals surface area (Å²) in [4.78, 5) is 27.4. The van der Waals surface area contributed by atoms with Crippen molar-refractivity contribution in [1.29, 1.82) is 0 Å². The zero-order valence-electron chi connectivity index (χ0n) is 18.6. The third-order valence-corrected chi connectivity index (χ3v) is 7.79. The van der Waals surface area contributed by atoms with E-state index in [1.54, 1.807) is 0 Å². The van der Waals surface area contributed by atoms with Crippen molar-refractivity contribution in [3.63, 3.8) is 0 Å². The molecule has 2 atom stereocenters. The lowest BCUT2D eigenvalue weighted by Crippen LogP contribution is -2.31. The number of carboxylic acids is 1. The van der Waals surface area contributed by atoms with E-state index in [1.165, 1.54) is 5.57 Å². The minimum absolute atomic E-state index is 0.121. The van der Waals surface area contributed by atoms with E-state index in [-0.39, 0.29) is 5.56 Å². The number of aliphatic carboxylic acids is 1. The number of hydrogen-bond acceptors (Lipinski definition) is 3. The van der Waals surface area contributed by atoms with Gasteiger partial charge in [0, 0.05) is 27.8 Å². The predicted octanol–water partition coefficient (Wildman–Crippen LogP) is 6.24. The normalized spacial score (nSPS) is 18.3. The molecule has 1 aliphatic carbocycles. The number of carbonyl (C=O) groups is 1. The smallest absolute Gasteiger partial charge is 0.311 e. The number of nitrogens with zero attached hydrogens (tertiary/aromatic N) is 1. The van der Waals surface area contributed by atoms with Crippen molar-refractivity contribution >= 4 is 23.3 Å². The standard InChI is InChI=1S/C26H31NO3S/c1-4-8-19(26(29)30)22-21(17-13-11-16(3)12-14-17)24-23(27(15-5-2)25(22)28)18-9-6-7-10-20(18)31-24/h9,11-14,19-20H,4-8,10,15H2,1-3H3,(H,29,30). The predicted molar refractivity (Wildman–Crippen MR) is 128 cm³/mol. The fraction of sp³-hybridized carbons (Fsp3) is 0.462. The monoisotopic (exact) mass is 437 g/mol. The van der Waals surface area contributed by atoms with Gasteiger partial charge in [0.15, 0.2) is 0 Å². The summed E-state index contributed by atoms with van der Waals surface area (Å²) in [5, 5.41) is 10.5. The van der Waals surface area contributed by atoms with Crippen LogP contribution in [-0.2, 0) is 11.3 Å². The second-order valence-electron chi connectivity index (χ2n) is 8.67. The molecule has 0 saturated heterocycles. The summed E-state index contributed by atoms with van der Waals surface area (Å²) in [6.45, 7) is 6.71. The van der Waals surface area contributed by atoms with Crippen LogP contribution >= 0.6 is 11.8 Å². The number of benzene rings is 1. The van der Waals surface area contributed by atoms with E-state index in [1.807, 2.05) is 54.4 Å². The molecule has 2 aromatic rings. The van der Waals surface area contributed by atoms with Crippen LogP contribution in [0.1, 0.15) is 75.1 Å². The van der Waals surface area contributed by atoms with Gasteiger partial charge in [-0.2, -0.15) is 0 Å². The Balaban J connectivity index is 2.10. The first-order valence-corrected chi connectivity index (χ1v) is 12.3. The molecule has 2 aliphatic rings. The van der Waals surface area contributed by atoms with Gasteiger partial charge in [-0.15, -0.1) is 11.8 Å². The molecule has 2 heterocycles. The van der Waals surface area contributed by atoms with Gasteiger partial charge in [-0.3, -0.25) is 9.59 Å². The van der Waals surface area contributed by atoms with Crippen molar-refractivity contribution in [2.24, 2.45) is 0 Å². The molecular formula is C26H31NO3S. The Labute approximate surface area is 188 Å². The van der Waals surface area contributed by atoms with Crippen LogP contribution in [0.25, 0.3) is 16.7 Å². The number of fused-ring (bicyclic) bond motifs is 3. The molecule has 2 unspecified atom stereocenters. The lowest BCUT2D eigenvalue weighted by atomic mass is 9.86. The van der Waals surface area contributed by atoms with Crippen LogP contribution in [0.4, 0.5) is 0 Å². The van der Waals surface area contributed by atoms with E-state index in [0.717, 1.165) is 59.4 Å². The van der Waals surface area contributed by atoms with Crippen molar-refractivity contribution < 1.29 is 9.90 Å². The molecule has 1 aromatic carbocycles. The molecule has 5 heteroatoms. The quantitative estimate of drug-likeness (QED) is 0.557. The Kier molecular flexibility index (Phi) is 6.42. The maximum Gasteiger partial charge on any atom is 0.311 e. The number of aryl methyl sites for hydroxylation is 1. The van der Waals surface area contributed by atoms with E-state index in [4.69, 9.17) is 0 Å². The topological polar surface area (TPSA) is 59.3 Å². The van der Waals surface area contributed by atoms with Gasteiger partial charge in [-0.1, -0.05) is 56.2 Å². The second kappa shape index (κ2) is 9.07. The van der Waals surface area contributed by atoms with E-state index in [9.17, 15) is 14.7 Å². The first kappa shape index (κ1) is 21.9. The van der Waals surface area contributed by atoms with Gasteiger partial charge in [-0.25, -0.2) is 0 Å². The second-order valence-corrected chi connectivity index (χ2v) is 9.88. The van der Waals surface area contributed by atoms with Crippen LogP contribution in [-0.4, -0.2) is 20.9 Å². The van der Waals surface area contributed by atoms with Crippen molar-refractivity contribution in [3.05, 3.63) is 57.5 Å². The maximum absolute atomic E-state index is 13.9. The fourth-order valence-corrected chi connectivity index (χ4v) is 6.52. The van der Waals surface area contributed by atoms with Crippen LogP contribution in [0.3, 0.4) is 0 Å². The van der Waals surface area contributed by atoms with Gasteiger partial charge < -0.3 is 9.67 Å². The summed E-state index contributed by atoms with van der Waals surface area (Å²) in [6, 6.07) is 8.18. The summed E-state index contributed by atoms with van der Waals surface area (Å²) < 4.78 is 1.89. The van der Waals surface area contributed by atoms with E-state index in [2.05, 4.69) is 13.0 Å². The highest BCUT2D eigenvalue weighted by atomic mass is 32.2. The van der Waals surface area contributed by atoms with Gasteiger partial charge in [0.25, 0.3) is 5.56 Å². The molecule has 0 spiro atoms. The molecule has 0 saturated carbocycles. The van der Waals surface area contributed by atoms with Crippen LogP contribution in [0.15, 0.2) is 40.0 Å². The molecule has 4 rings (SSSR count). The molecule has 31 heavy (non-hydrogen) atoms. The molecule has 1 aromatic heterocycles. The van der Waals surface area contributed by atoms with Gasteiger partial charge in [-0.05, 0) is 50.2 Å². The maximum atomic E-state index is 13.9. The summed E-state index contributed by atoms with van der Waals surface area (Å²) in [7, 11) is 0. The first-order valence-electron chi connectivity index (χ1n) is 11.5. The van der Waals surface area contributed by atoms with Gasteiger partial charge >= 0.3 is 5.97 Å². The highest BCUT2D eigenvalue weighted by Crippen LogP contribution is 2.53. The first-order chi connectivity index (χ1) is 15.0. The third-order valence-electron chi connectivity index (χ3n) is 6.38. The van der Waals surface area contributed by atoms with Crippen LogP contribution in [0.2, 0.25) is 0 Å². The van der Waals surface area contributed by atoms with E-state index >= 15 is 0 Å². The van der Waals surface area contributed by atoms with Crippen LogP contribution < -0.4 is 5.56 Å². The molecule has 1 aliphatic heterocycles. The molecular weight excluding hydrogens is 406 g/mol. The number of allylic oxidation sites excluding steroid dienone is 1. The Morgan fingerprint density at radius 1 is 1.23 bits per heavy atom. The Hall–Kier alpha value is -2.27. The van der Waals surface area contributed by atoms with Gasteiger partial charge in [0.05, 0.1) is 11.6 Å². The number of aromatic nitrogens is 1. The summed E-state index contributed by atoms with van der Waals surface area (Å²) >= 11 is 1.83. The number of thioether (sulfide) groups is 1. The minimum atomic E-state index is -0.907. The van der Waals surface area contributed by atoms with Crippen LogP contribution in [0.5, 0.6) is 0 Å². The minimum Gasteiger partial charge on any atom is -0.481 e. The zero-order valence-corrected chi connectivity index (χ0v) is 19.4. The third kappa shape index (κ3) is 3.89. The SMILES string of the molecule is CCCC(C(=O)O)c1c(-c2ccc(C)cc2)c2c(n(CCC)c1=O)C1=CCCCC1S2. The van der Waals surface area contributed by atoms with Crippen molar-refractivity contribution in [2.75, 3.05) is 0 Å².